The first-order valence-corrected chi connectivity index (χ1v) is 13.3. The number of hydrogen-bond acceptors (Lipinski definition) is 6. The van der Waals surface area contributed by atoms with Crippen LogP contribution in [0.3, 0.4) is 0 Å². The normalized spacial score (nSPS) is 32.2. The Labute approximate surface area is 220 Å². The van der Waals surface area contributed by atoms with E-state index in [9.17, 15) is 0 Å². The Kier molecular flexibility index (Phi) is 8.87. The molecule has 0 aromatic heterocycles. The molecule has 3 heterocycles. The monoisotopic (exact) mass is 506 g/mol. The van der Waals surface area contributed by atoms with Crippen LogP contribution in [0.5, 0.6) is 0 Å². The predicted octanol–water partition coefficient (Wildman–Crippen LogP) is 5.37. The molecule has 2 aromatic carbocycles. The number of rotatable bonds is 7. The third-order valence-corrected chi connectivity index (χ3v) is 6.93. The van der Waals surface area contributed by atoms with Crippen LogP contribution in [0.4, 0.5) is 0 Å². The molecule has 0 bridgehead atoms. The molecule has 6 atom stereocenters. The van der Waals surface area contributed by atoms with Gasteiger partial charge in [0.25, 0.3) is 0 Å². The molecule has 0 saturated carbocycles. The summed E-state index contributed by atoms with van der Waals surface area (Å²) in [4.78, 5) is 0. The first-order chi connectivity index (χ1) is 18.1. The summed E-state index contributed by atoms with van der Waals surface area (Å²) in [6, 6.07) is 20.4. The number of fused-ring (bicyclic) bond motifs is 2. The van der Waals surface area contributed by atoms with Gasteiger partial charge in [-0.25, -0.2) is 0 Å². The molecule has 0 spiro atoms. The zero-order valence-electron chi connectivity index (χ0n) is 21.7. The summed E-state index contributed by atoms with van der Waals surface area (Å²) in [5, 5.41) is 0. The third-order valence-electron chi connectivity index (χ3n) is 6.93. The van der Waals surface area contributed by atoms with E-state index in [4.69, 9.17) is 28.4 Å². The Hall–Kier alpha value is -2.32. The van der Waals surface area contributed by atoms with Gasteiger partial charge in [0.1, 0.15) is 24.4 Å². The van der Waals surface area contributed by atoms with Crippen molar-refractivity contribution in [3.8, 4) is 0 Å². The van der Waals surface area contributed by atoms with Crippen LogP contribution in [-0.2, 0) is 41.6 Å². The highest BCUT2D eigenvalue weighted by Crippen LogP contribution is 2.31. The molecule has 0 amide bonds. The molecular weight excluding hydrogens is 468 g/mol. The molecule has 5 rings (SSSR count). The highest BCUT2D eigenvalue weighted by atomic mass is 16.7. The van der Waals surface area contributed by atoms with Crippen molar-refractivity contribution in [2.45, 2.75) is 82.3 Å². The SMILES string of the molecule is CC1(C)OC[C@H]2O[C@H]3C=C[C@@H](OCc4ccccc4)[C@H](COCc4ccccc4)O[C@@H]3C/C=C\C[C@@H]2O1. The lowest BCUT2D eigenvalue weighted by Gasteiger charge is -2.41. The second kappa shape index (κ2) is 12.5. The minimum absolute atomic E-state index is 0.0643. The largest absolute Gasteiger partial charge is 0.374 e. The van der Waals surface area contributed by atoms with Crippen LogP contribution >= 0.6 is 0 Å². The molecule has 37 heavy (non-hydrogen) atoms. The van der Waals surface area contributed by atoms with Crippen molar-refractivity contribution in [1.29, 1.82) is 0 Å². The fourth-order valence-electron chi connectivity index (χ4n) is 4.95. The second-order valence-electron chi connectivity index (χ2n) is 10.3. The highest BCUT2D eigenvalue weighted by Gasteiger charge is 2.40. The Morgan fingerprint density at radius 1 is 0.784 bits per heavy atom. The van der Waals surface area contributed by atoms with Gasteiger partial charge in [-0.3, -0.25) is 0 Å². The Morgan fingerprint density at radius 3 is 2.19 bits per heavy atom. The van der Waals surface area contributed by atoms with Gasteiger partial charge in [0, 0.05) is 0 Å². The van der Waals surface area contributed by atoms with Gasteiger partial charge in [-0.1, -0.05) is 85.0 Å². The number of ether oxygens (including phenoxy) is 6. The van der Waals surface area contributed by atoms with Gasteiger partial charge in [0.15, 0.2) is 5.79 Å². The predicted molar refractivity (Wildman–Crippen MR) is 141 cm³/mol. The Bertz CT molecular complexity index is 1020. The zero-order chi connectivity index (χ0) is 25.5. The molecule has 0 aliphatic carbocycles. The van der Waals surface area contributed by atoms with Gasteiger partial charge < -0.3 is 28.4 Å². The summed E-state index contributed by atoms with van der Waals surface area (Å²) >= 11 is 0. The molecule has 6 heteroatoms. The Balaban J connectivity index is 1.30. The maximum atomic E-state index is 6.70. The first kappa shape index (κ1) is 26.3. The van der Waals surface area contributed by atoms with Crippen molar-refractivity contribution < 1.29 is 28.4 Å². The fraction of sp³-hybridized carbons (Fsp3) is 0.484. The molecule has 2 aromatic rings. The molecule has 3 aliphatic rings. The van der Waals surface area contributed by atoms with Crippen molar-refractivity contribution in [3.63, 3.8) is 0 Å². The summed E-state index contributed by atoms with van der Waals surface area (Å²) < 4.78 is 37.9. The number of benzene rings is 2. The average Bonchev–Trinajstić information content (AvgIpc) is 3.01. The third kappa shape index (κ3) is 7.38. The van der Waals surface area contributed by atoms with E-state index in [1.807, 2.05) is 50.2 Å². The lowest BCUT2D eigenvalue weighted by Crippen LogP contribution is -2.51. The maximum Gasteiger partial charge on any atom is 0.163 e. The van der Waals surface area contributed by atoms with Crippen molar-refractivity contribution >= 4 is 0 Å². The van der Waals surface area contributed by atoms with E-state index in [1.54, 1.807) is 0 Å². The van der Waals surface area contributed by atoms with E-state index in [2.05, 4.69) is 48.6 Å². The summed E-state index contributed by atoms with van der Waals surface area (Å²) in [5.41, 5.74) is 2.25. The Morgan fingerprint density at radius 2 is 1.46 bits per heavy atom. The topological polar surface area (TPSA) is 55.4 Å². The fourth-order valence-corrected chi connectivity index (χ4v) is 4.95. The molecule has 0 N–H and O–H groups in total. The molecule has 6 nitrogen and oxygen atoms in total. The van der Waals surface area contributed by atoms with Crippen LogP contribution in [-0.4, -0.2) is 55.6 Å². The first-order valence-electron chi connectivity index (χ1n) is 13.3. The minimum Gasteiger partial charge on any atom is -0.374 e. The standard InChI is InChI=1S/C31H38O6/c1-31(2)34-22-30-28(37-31)16-10-9-15-26-27(36-30)18-17-25(33-20-24-13-7-4-8-14-24)29(35-26)21-32-19-23-11-5-3-6-12-23/h3-14,17-18,25-30H,15-16,19-22H2,1-2H3/b10-9-/t25-,26-,27+,28+,29+,30-/m1/s1. The van der Waals surface area contributed by atoms with Gasteiger partial charge in [0.2, 0.25) is 0 Å². The number of hydrogen-bond donors (Lipinski definition) is 0. The van der Waals surface area contributed by atoms with Crippen LogP contribution in [0, 0.1) is 0 Å². The maximum absolute atomic E-state index is 6.70. The van der Waals surface area contributed by atoms with Gasteiger partial charge in [-0.05, 0) is 37.8 Å². The summed E-state index contributed by atoms with van der Waals surface area (Å²) in [6.07, 6.45) is 8.84. The quantitative estimate of drug-likeness (QED) is 0.471. The van der Waals surface area contributed by atoms with Gasteiger partial charge in [-0.15, -0.1) is 0 Å². The lowest BCUT2D eigenvalue weighted by atomic mass is 10.1. The van der Waals surface area contributed by atoms with E-state index >= 15 is 0 Å². The molecule has 0 unspecified atom stereocenters. The molecule has 1 saturated heterocycles. The smallest absolute Gasteiger partial charge is 0.163 e. The van der Waals surface area contributed by atoms with Crippen molar-refractivity contribution in [3.05, 3.63) is 96.1 Å². The van der Waals surface area contributed by atoms with E-state index in [1.165, 1.54) is 0 Å². The average molecular weight is 507 g/mol. The zero-order valence-corrected chi connectivity index (χ0v) is 21.7. The van der Waals surface area contributed by atoms with Crippen LogP contribution in [0.25, 0.3) is 0 Å². The van der Waals surface area contributed by atoms with Crippen LogP contribution in [0.15, 0.2) is 85.0 Å². The van der Waals surface area contributed by atoms with E-state index in [-0.39, 0.29) is 36.6 Å². The minimum atomic E-state index is -0.612. The van der Waals surface area contributed by atoms with Gasteiger partial charge in [0.05, 0.1) is 38.6 Å². The molecule has 0 radical (unpaired) electrons. The highest BCUT2D eigenvalue weighted by molar-refractivity contribution is 5.15. The second-order valence-corrected chi connectivity index (χ2v) is 10.3. The van der Waals surface area contributed by atoms with E-state index < -0.39 is 5.79 Å². The van der Waals surface area contributed by atoms with Crippen LogP contribution < -0.4 is 0 Å². The van der Waals surface area contributed by atoms with E-state index in [0.717, 1.165) is 24.0 Å². The van der Waals surface area contributed by atoms with Crippen LogP contribution in [0.1, 0.15) is 37.8 Å². The molecule has 198 valence electrons. The molecular formula is C31H38O6. The van der Waals surface area contributed by atoms with Crippen molar-refractivity contribution in [2.75, 3.05) is 13.2 Å². The lowest BCUT2D eigenvalue weighted by molar-refractivity contribution is -0.315. The van der Waals surface area contributed by atoms with Crippen molar-refractivity contribution in [2.24, 2.45) is 0 Å². The summed E-state index contributed by atoms with van der Waals surface area (Å²) in [6.45, 7) is 5.82. The van der Waals surface area contributed by atoms with Gasteiger partial charge >= 0.3 is 0 Å². The van der Waals surface area contributed by atoms with Crippen LogP contribution in [0.2, 0.25) is 0 Å². The van der Waals surface area contributed by atoms with E-state index in [0.29, 0.717) is 26.4 Å². The summed E-state index contributed by atoms with van der Waals surface area (Å²) in [5.74, 6) is -0.612. The van der Waals surface area contributed by atoms with Gasteiger partial charge in [-0.2, -0.15) is 0 Å². The summed E-state index contributed by atoms with van der Waals surface area (Å²) in [7, 11) is 0. The molecule has 1 fully saturated rings. The van der Waals surface area contributed by atoms with Crippen molar-refractivity contribution in [1.82, 2.24) is 0 Å². The molecule has 3 aliphatic heterocycles.